The number of hydrogen-bond donors (Lipinski definition) is 2. The zero-order valence-corrected chi connectivity index (χ0v) is 15.7. The van der Waals surface area contributed by atoms with Crippen molar-refractivity contribution in [3.8, 4) is 11.5 Å². The number of aromatic amines is 1. The molecule has 10 nitrogen and oxygen atoms in total. The number of nitrogens with zero attached hydrogens (tertiary/aromatic N) is 3. The van der Waals surface area contributed by atoms with E-state index in [0.717, 1.165) is 0 Å². The van der Waals surface area contributed by atoms with Gasteiger partial charge in [-0.15, -0.1) is 10.2 Å². The first kappa shape index (κ1) is 18.7. The number of fused-ring (bicyclic) bond motifs is 1. The fourth-order valence-corrected chi connectivity index (χ4v) is 3.05. The van der Waals surface area contributed by atoms with Gasteiger partial charge in [-0.2, -0.15) is 5.21 Å². The van der Waals surface area contributed by atoms with E-state index in [4.69, 9.17) is 13.9 Å². The number of nitrogens with one attached hydrogen (secondary N) is 2. The van der Waals surface area contributed by atoms with Crippen LogP contribution >= 0.6 is 0 Å². The lowest BCUT2D eigenvalue weighted by molar-refractivity contribution is 0.0721. The van der Waals surface area contributed by atoms with E-state index < -0.39 is 17.6 Å². The van der Waals surface area contributed by atoms with Crippen LogP contribution in [-0.4, -0.2) is 39.7 Å². The second kappa shape index (κ2) is 8.13. The lowest BCUT2D eigenvalue weighted by Gasteiger charge is -2.25. The van der Waals surface area contributed by atoms with E-state index in [1.807, 2.05) is 12.1 Å². The normalized spacial score (nSPS) is 15.1. The summed E-state index contributed by atoms with van der Waals surface area (Å²) in [6.45, 7) is 2.26. The van der Waals surface area contributed by atoms with E-state index in [2.05, 4.69) is 25.9 Å². The van der Waals surface area contributed by atoms with E-state index in [9.17, 15) is 9.59 Å². The molecule has 1 aromatic carbocycles. The van der Waals surface area contributed by atoms with Gasteiger partial charge in [0, 0.05) is 13.0 Å². The Labute approximate surface area is 165 Å². The third-order valence-electron chi connectivity index (χ3n) is 4.47. The minimum atomic E-state index is -0.710. The van der Waals surface area contributed by atoms with Crippen molar-refractivity contribution in [2.75, 3.05) is 13.2 Å². The van der Waals surface area contributed by atoms with Crippen molar-refractivity contribution >= 4 is 5.91 Å². The quantitative estimate of drug-likeness (QED) is 0.596. The van der Waals surface area contributed by atoms with Crippen LogP contribution in [0.5, 0.6) is 11.5 Å². The summed E-state index contributed by atoms with van der Waals surface area (Å²) in [5.41, 5.74) is -0.224. The van der Waals surface area contributed by atoms with Crippen molar-refractivity contribution < 1.29 is 18.7 Å². The molecule has 1 amide bonds. The van der Waals surface area contributed by atoms with Gasteiger partial charge in [0.25, 0.3) is 5.91 Å². The number of aryl methyl sites for hydroxylation is 2. The van der Waals surface area contributed by atoms with Gasteiger partial charge < -0.3 is 19.2 Å². The lowest BCUT2D eigenvalue weighted by Crippen LogP contribution is -2.31. The van der Waals surface area contributed by atoms with Gasteiger partial charge in [0.15, 0.2) is 29.2 Å². The fourth-order valence-electron chi connectivity index (χ4n) is 3.05. The van der Waals surface area contributed by atoms with Crippen LogP contribution in [0, 0.1) is 6.92 Å². The molecule has 150 valence electrons. The number of benzene rings is 1. The molecule has 0 radical (unpaired) electrons. The van der Waals surface area contributed by atoms with Crippen molar-refractivity contribution in [2.45, 2.75) is 25.9 Å². The Hall–Kier alpha value is -3.69. The Kier molecular flexibility index (Phi) is 5.23. The standard InChI is InChI=1S/C19H19N5O5/c1-11-9-14(15-10-27-12-5-2-3-6-13(12)28-15)29-19(26)17(11)18(25)20-8-4-7-16-21-23-24-22-16/h2-3,5-6,9,15H,4,7-8,10H2,1H3,(H,20,25)(H,21,22,23,24). The van der Waals surface area contributed by atoms with Crippen LogP contribution in [-0.2, 0) is 6.42 Å². The number of H-pyrrole nitrogens is 1. The van der Waals surface area contributed by atoms with Gasteiger partial charge in [-0.25, -0.2) is 4.79 Å². The van der Waals surface area contributed by atoms with Crippen molar-refractivity contribution in [3.05, 3.63) is 63.5 Å². The highest BCUT2D eigenvalue weighted by Gasteiger charge is 2.26. The van der Waals surface area contributed by atoms with Crippen molar-refractivity contribution in [1.82, 2.24) is 25.9 Å². The van der Waals surface area contributed by atoms with Crippen LogP contribution in [0.25, 0.3) is 0 Å². The molecule has 3 heterocycles. The van der Waals surface area contributed by atoms with Gasteiger partial charge in [0.2, 0.25) is 0 Å². The first-order valence-electron chi connectivity index (χ1n) is 9.15. The van der Waals surface area contributed by atoms with E-state index in [1.165, 1.54) is 0 Å². The summed E-state index contributed by atoms with van der Waals surface area (Å²) in [7, 11) is 0. The van der Waals surface area contributed by atoms with E-state index in [-0.39, 0.29) is 12.2 Å². The predicted octanol–water partition coefficient (Wildman–Crippen LogP) is 1.34. The number of para-hydroxylation sites is 2. The third-order valence-corrected chi connectivity index (χ3v) is 4.47. The number of hydrogen-bond acceptors (Lipinski definition) is 8. The number of aromatic nitrogens is 4. The third kappa shape index (κ3) is 4.10. The largest absolute Gasteiger partial charge is 0.485 e. The number of tetrazole rings is 1. The molecule has 1 aliphatic rings. The first-order chi connectivity index (χ1) is 14.1. The number of ether oxygens (including phenoxy) is 2. The maximum atomic E-state index is 12.5. The molecule has 29 heavy (non-hydrogen) atoms. The van der Waals surface area contributed by atoms with Gasteiger partial charge in [-0.05, 0) is 37.1 Å². The molecule has 0 aliphatic carbocycles. The van der Waals surface area contributed by atoms with E-state index in [1.54, 1.807) is 25.1 Å². The maximum absolute atomic E-state index is 12.5. The highest BCUT2D eigenvalue weighted by Crippen LogP contribution is 2.35. The summed E-state index contributed by atoms with van der Waals surface area (Å²) in [6, 6.07) is 8.90. The van der Waals surface area contributed by atoms with Gasteiger partial charge in [-0.1, -0.05) is 17.3 Å². The summed E-state index contributed by atoms with van der Waals surface area (Å²) in [6.07, 6.45) is 0.605. The Morgan fingerprint density at radius 1 is 1.31 bits per heavy atom. The van der Waals surface area contributed by atoms with Crippen LogP contribution in [0.1, 0.15) is 40.0 Å². The van der Waals surface area contributed by atoms with Crippen molar-refractivity contribution in [1.29, 1.82) is 0 Å². The number of carbonyl (C=O) groups is 1. The van der Waals surface area contributed by atoms with Crippen LogP contribution in [0.2, 0.25) is 0 Å². The Bertz CT molecular complexity index is 1060. The molecule has 0 bridgehead atoms. The van der Waals surface area contributed by atoms with Crippen LogP contribution in [0.15, 0.2) is 39.5 Å². The second-order valence-electron chi connectivity index (χ2n) is 6.55. The van der Waals surface area contributed by atoms with E-state index >= 15 is 0 Å². The van der Waals surface area contributed by atoms with Gasteiger partial charge >= 0.3 is 5.63 Å². The zero-order valence-electron chi connectivity index (χ0n) is 15.7. The monoisotopic (exact) mass is 397 g/mol. The molecule has 2 aromatic heterocycles. The van der Waals surface area contributed by atoms with Crippen LogP contribution < -0.4 is 20.4 Å². The summed E-state index contributed by atoms with van der Waals surface area (Å²) in [5.74, 6) is 1.61. The number of carbonyl (C=O) groups excluding carboxylic acids is 1. The summed E-state index contributed by atoms with van der Waals surface area (Å²) in [5, 5.41) is 16.2. The van der Waals surface area contributed by atoms with Gasteiger partial charge in [-0.3, -0.25) is 4.79 Å². The molecule has 0 fully saturated rings. The van der Waals surface area contributed by atoms with Crippen LogP contribution in [0.3, 0.4) is 0 Å². The Morgan fingerprint density at radius 2 is 2.14 bits per heavy atom. The average molecular weight is 397 g/mol. The molecule has 0 spiro atoms. The van der Waals surface area contributed by atoms with Crippen molar-refractivity contribution in [3.63, 3.8) is 0 Å². The molecule has 10 heteroatoms. The highest BCUT2D eigenvalue weighted by molar-refractivity contribution is 5.95. The molecule has 2 N–H and O–H groups in total. The van der Waals surface area contributed by atoms with Crippen LogP contribution in [0.4, 0.5) is 0 Å². The molecule has 0 saturated carbocycles. The van der Waals surface area contributed by atoms with Gasteiger partial charge in [0.05, 0.1) is 0 Å². The number of amides is 1. The topological polar surface area (TPSA) is 132 Å². The predicted molar refractivity (Wildman–Crippen MR) is 99.9 cm³/mol. The molecule has 1 atom stereocenters. The summed E-state index contributed by atoms with van der Waals surface area (Å²) in [4.78, 5) is 24.9. The molecule has 4 rings (SSSR count). The van der Waals surface area contributed by atoms with Gasteiger partial charge in [0.1, 0.15) is 12.2 Å². The second-order valence-corrected chi connectivity index (χ2v) is 6.55. The Balaban J connectivity index is 1.42. The highest BCUT2D eigenvalue weighted by atomic mass is 16.6. The molecule has 3 aromatic rings. The number of rotatable bonds is 6. The summed E-state index contributed by atoms with van der Waals surface area (Å²) >= 11 is 0. The minimum absolute atomic E-state index is 0.0227. The summed E-state index contributed by atoms with van der Waals surface area (Å²) < 4.78 is 16.9. The smallest absolute Gasteiger partial charge is 0.349 e. The zero-order chi connectivity index (χ0) is 20.2. The lowest BCUT2D eigenvalue weighted by atomic mass is 10.1. The SMILES string of the molecule is Cc1cc(C2COc3ccccc3O2)oc(=O)c1C(=O)NCCCc1nn[nH]n1. The molecular weight excluding hydrogens is 378 g/mol. The Morgan fingerprint density at radius 3 is 2.90 bits per heavy atom. The fraction of sp³-hybridized carbons (Fsp3) is 0.316. The van der Waals surface area contributed by atoms with Crippen molar-refractivity contribution in [2.24, 2.45) is 0 Å². The maximum Gasteiger partial charge on any atom is 0.349 e. The molecule has 1 aliphatic heterocycles. The minimum Gasteiger partial charge on any atom is -0.485 e. The average Bonchev–Trinajstić information content (AvgIpc) is 3.24. The molecular formula is C19H19N5O5. The van der Waals surface area contributed by atoms with E-state index in [0.29, 0.717) is 48.0 Å². The molecule has 0 saturated heterocycles. The molecule has 1 unspecified atom stereocenters. The first-order valence-corrected chi connectivity index (χ1v) is 9.15.